The Morgan fingerprint density at radius 2 is 1.47 bits per heavy atom. The number of halogens is 1. The fourth-order valence-electron chi connectivity index (χ4n) is 3.38. The van der Waals surface area contributed by atoms with E-state index in [9.17, 15) is 9.18 Å². The molecular formula is C34H44FN3O5. The molecule has 0 bridgehead atoms. The van der Waals surface area contributed by atoms with Gasteiger partial charge in [0.2, 0.25) is 5.88 Å². The lowest BCUT2D eigenvalue weighted by Gasteiger charge is -2.24. The molecule has 0 unspecified atom stereocenters. The number of pyridine rings is 1. The van der Waals surface area contributed by atoms with Crippen LogP contribution in [0.15, 0.2) is 73.4 Å². The zero-order valence-corrected chi connectivity index (χ0v) is 25.8. The molecule has 0 aliphatic rings. The summed E-state index contributed by atoms with van der Waals surface area (Å²) in [5, 5.41) is 3.09. The Hall–Kier alpha value is -4.21. The molecule has 0 saturated heterocycles. The number of hydrogen-bond acceptors (Lipinski definition) is 7. The SMILES string of the molecule is C=Cc1ccc(N(C)C(=O)OC(C)(C)C)cc1.CNc1ccc(/C=C/c2ccc(OCCOCCOCC[18F])nc2)cc1. The largest absolute Gasteiger partial charge is 0.475 e. The predicted molar refractivity (Wildman–Crippen MR) is 173 cm³/mol. The second-order valence-electron chi connectivity index (χ2n) is 10.2. The van der Waals surface area contributed by atoms with Gasteiger partial charge in [-0.05, 0) is 67.8 Å². The molecule has 0 aliphatic carbocycles. The van der Waals surface area contributed by atoms with E-state index in [-0.39, 0.29) is 12.7 Å². The van der Waals surface area contributed by atoms with Gasteiger partial charge in [-0.2, -0.15) is 0 Å². The van der Waals surface area contributed by atoms with Gasteiger partial charge in [0, 0.05) is 37.7 Å². The van der Waals surface area contributed by atoms with Gasteiger partial charge in [0.05, 0.1) is 26.4 Å². The van der Waals surface area contributed by atoms with Crippen LogP contribution in [-0.2, 0) is 14.2 Å². The number of nitrogens with one attached hydrogen (secondary N) is 1. The number of ether oxygens (including phenoxy) is 4. The number of rotatable bonds is 14. The molecule has 3 rings (SSSR count). The first-order chi connectivity index (χ1) is 20.6. The van der Waals surface area contributed by atoms with E-state index < -0.39 is 12.3 Å². The van der Waals surface area contributed by atoms with Crippen LogP contribution in [0.2, 0.25) is 0 Å². The molecule has 43 heavy (non-hydrogen) atoms. The first-order valence-corrected chi connectivity index (χ1v) is 14.1. The van der Waals surface area contributed by atoms with E-state index >= 15 is 0 Å². The number of aromatic nitrogens is 1. The lowest BCUT2D eigenvalue weighted by Crippen LogP contribution is -2.34. The number of anilines is 2. The Labute approximate surface area is 255 Å². The van der Waals surface area contributed by atoms with Gasteiger partial charge in [0.15, 0.2) is 0 Å². The van der Waals surface area contributed by atoms with Gasteiger partial charge < -0.3 is 24.3 Å². The summed E-state index contributed by atoms with van der Waals surface area (Å²) >= 11 is 0. The van der Waals surface area contributed by atoms with E-state index in [1.54, 1.807) is 19.3 Å². The maximum absolute atomic E-state index is 11.8. The molecule has 1 aromatic heterocycles. The van der Waals surface area contributed by atoms with Crippen molar-refractivity contribution >= 4 is 35.7 Å². The minimum Gasteiger partial charge on any atom is -0.475 e. The number of alkyl halides is 1. The summed E-state index contributed by atoms with van der Waals surface area (Å²) in [6.07, 6.45) is 7.21. The van der Waals surface area contributed by atoms with Crippen LogP contribution in [0.25, 0.3) is 18.2 Å². The standard InChI is InChI=1S/C20H25FN2O3.C14H19NO2/c1-22-19-7-4-17(5-8-19)2-3-18-6-9-20(23-16-18)26-15-14-25-13-12-24-11-10-21;1-6-11-7-9-12(10-8-11)15(5)13(16)17-14(2,3)4/h2-9,16,22H,10-15H2,1H3;6-10H,1H2,2-5H3/b3-2+;/i21-1;. The molecule has 0 radical (unpaired) electrons. The number of carbonyl (C=O) groups excluding carboxylic acids is 1. The van der Waals surface area contributed by atoms with Crippen molar-refractivity contribution < 1.29 is 28.1 Å². The highest BCUT2D eigenvalue weighted by molar-refractivity contribution is 5.87. The van der Waals surface area contributed by atoms with Crippen LogP contribution in [0.4, 0.5) is 20.6 Å². The normalized spacial score (nSPS) is 10.9. The zero-order chi connectivity index (χ0) is 31.5. The van der Waals surface area contributed by atoms with E-state index in [4.69, 9.17) is 18.9 Å². The van der Waals surface area contributed by atoms with E-state index in [1.807, 2.05) is 88.5 Å². The number of amides is 1. The Morgan fingerprint density at radius 3 is 2.02 bits per heavy atom. The van der Waals surface area contributed by atoms with Crippen molar-refractivity contribution in [1.29, 1.82) is 0 Å². The molecule has 1 heterocycles. The Balaban J connectivity index is 0.000000329. The van der Waals surface area contributed by atoms with E-state index in [1.165, 1.54) is 4.90 Å². The molecule has 0 fully saturated rings. The molecule has 0 aliphatic heterocycles. The molecule has 232 valence electrons. The monoisotopic (exact) mass is 592 g/mol. The number of nitrogens with zero attached hydrogens (tertiary/aromatic N) is 2. The molecule has 8 nitrogen and oxygen atoms in total. The summed E-state index contributed by atoms with van der Waals surface area (Å²) in [7, 11) is 3.59. The quantitative estimate of drug-likeness (QED) is 0.196. The summed E-state index contributed by atoms with van der Waals surface area (Å²) in [6.45, 7) is 10.5. The van der Waals surface area contributed by atoms with E-state index in [0.717, 1.165) is 28.1 Å². The highest BCUT2D eigenvalue weighted by Crippen LogP contribution is 2.18. The molecule has 0 saturated carbocycles. The summed E-state index contributed by atoms with van der Waals surface area (Å²) in [5.74, 6) is 0.554. The first kappa shape index (κ1) is 35.0. The molecule has 1 amide bonds. The fourth-order valence-corrected chi connectivity index (χ4v) is 3.38. The van der Waals surface area contributed by atoms with Gasteiger partial charge in [-0.3, -0.25) is 4.90 Å². The van der Waals surface area contributed by atoms with Crippen LogP contribution in [0.3, 0.4) is 0 Å². The van der Waals surface area contributed by atoms with Gasteiger partial charge in [0.1, 0.15) is 18.9 Å². The minimum absolute atomic E-state index is 0.117. The summed E-state index contributed by atoms with van der Waals surface area (Å²) < 4.78 is 32.9. The third kappa shape index (κ3) is 14.5. The number of carbonyl (C=O) groups is 1. The van der Waals surface area contributed by atoms with E-state index in [2.05, 4.69) is 29.0 Å². The van der Waals surface area contributed by atoms with Crippen molar-refractivity contribution in [3.05, 3.63) is 90.1 Å². The maximum atomic E-state index is 11.8. The highest BCUT2D eigenvalue weighted by Gasteiger charge is 2.20. The van der Waals surface area contributed by atoms with E-state index in [0.29, 0.717) is 32.3 Å². The molecular weight excluding hydrogens is 548 g/mol. The summed E-state index contributed by atoms with van der Waals surface area (Å²) in [5.41, 5.74) is 4.54. The van der Waals surface area contributed by atoms with Crippen molar-refractivity contribution in [2.75, 3.05) is 64.0 Å². The topological polar surface area (TPSA) is 82.2 Å². The van der Waals surface area contributed by atoms with Crippen molar-refractivity contribution in [2.24, 2.45) is 0 Å². The molecule has 9 heteroatoms. The van der Waals surface area contributed by atoms with Crippen molar-refractivity contribution in [3.63, 3.8) is 0 Å². The first-order valence-electron chi connectivity index (χ1n) is 14.1. The van der Waals surface area contributed by atoms with Crippen LogP contribution >= 0.6 is 0 Å². The van der Waals surface area contributed by atoms with Crippen LogP contribution in [-0.4, -0.2) is 70.5 Å². The van der Waals surface area contributed by atoms with Gasteiger partial charge in [0.25, 0.3) is 0 Å². The Bertz CT molecular complexity index is 1240. The summed E-state index contributed by atoms with van der Waals surface area (Å²) in [6, 6.07) is 19.5. The smallest absolute Gasteiger partial charge is 0.414 e. The average Bonchev–Trinajstić information content (AvgIpc) is 3.01. The lowest BCUT2D eigenvalue weighted by atomic mass is 10.1. The lowest BCUT2D eigenvalue weighted by molar-refractivity contribution is 0.0320. The van der Waals surface area contributed by atoms with Gasteiger partial charge >= 0.3 is 6.09 Å². The summed E-state index contributed by atoms with van der Waals surface area (Å²) in [4.78, 5) is 17.6. The van der Waals surface area contributed by atoms with Crippen LogP contribution in [0, 0.1) is 0 Å². The Morgan fingerprint density at radius 1 is 0.884 bits per heavy atom. The third-order valence-corrected chi connectivity index (χ3v) is 5.68. The molecule has 2 aromatic carbocycles. The second-order valence-corrected chi connectivity index (χ2v) is 10.2. The van der Waals surface area contributed by atoms with Crippen molar-refractivity contribution in [3.8, 4) is 5.88 Å². The van der Waals surface area contributed by atoms with Crippen LogP contribution in [0.1, 0.15) is 37.5 Å². The predicted octanol–water partition coefficient (Wildman–Crippen LogP) is 7.38. The zero-order valence-electron chi connectivity index (χ0n) is 25.8. The molecule has 3 aromatic rings. The second kappa shape index (κ2) is 19.1. The van der Waals surface area contributed by atoms with Gasteiger partial charge in [-0.15, -0.1) is 0 Å². The molecule has 0 spiro atoms. The van der Waals surface area contributed by atoms with Crippen LogP contribution in [0.5, 0.6) is 5.88 Å². The fraction of sp³-hybridized carbons (Fsp3) is 0.353. The molecule has 0 atom stereocenters. The number of benzene rings is 2. The van der Waals surface area contributed by atoms with Crippen molar-refractivity contribution in [2.45, 2.75) is 26.4 Å². The Kier molecular flexibility index (Phi) is 15.5. The number of hydrogen-bond donors (Lipinski definition) is 1. The van der Waals surface area contributed by atoms with Gasteiger partial charge in [-0.1, -0.05) is 49.1 Å². The average molecular weight is 593 g/mol. The maximum Gasteiger partial charge on any atom is 0.414 e. The van der Waals surface area contributed by atoms with Crippen molar-refractivity contribution in [1.82, 2.24) is 4.98 Å². The molecule has 1 N–H and O–H groups in total. The van der Waals surface area contributed by atoms with Gasteiger partial charge in [-0.25, -0.2) is 14.2 Å². The van der Waals surface area contributed by atoms with Crippen LogP contribution < -0.4 is 15.0 Å². The third-order valence-electron chi connectivity index (χ3n) is 5.68. The highest BCUT2D eigenvalue weighted by atomic mass is 18.2. The minimum atomic E-state index is -0.480.